The molecule has 6 rings (SSSR count). The Balaban J connectivity index is 1.61. The summed E-state index contributed by atoms with van der Waals surface area (Å²) in [6.45, 7) is 21.0. The Kier molecular flexibility index (Phi) is 7.20. The fourth-order valence-electron chi connectivity index (χ4n) is 13.6. The number of carbonyl (C=O) groups excluding carboxylic acids is 2. The van der Waals surface area contributed by atoms with Crippen LogP contribution in [0.3, 0.4) is 0 Å². The fourth-order valence-corrected chi connectivity index (χ4v) is 13.6. The van der Waals surface area contributed by atoms with Crippen LogP contribution in [-0.2, 0) is 14.4 Å². The molecule has 0 aromatic heterocycles. The average molecular weight is 621 g/mol. The third-order valence-corrected chi connectivity index (χ3v) is 15.3. The normalized spacial score (nSPS) is 47.6. The molecule has 0 saturated heterocycles. The average Bonchev–Trinajstić information content (AvgIpc) is 3.12. The summed E-state index contributed by atoms with van der Waals surface area (Å²) in [4.78, 5) is 43.2. The van der Waals surface area contributed by atoms with Crippen LogP contribution in [0.2, 0.25) is 0 Å². The number of allylic oxidation sites excluding steroid dienone is 5. The Hall–Kier alpha value is -2.21. The van der Waals surface area contributed by atoms with Gasteiger partial charge in [-0.15, -0.1) is 0 Å². The number of aliphatic hydroxyl groups is 2. The van der Waals surface area contributed by atoms with E-state index >= 15 is 9.59 Å². The van der Waals surface area contributed by atoms with Gasteiger partial charge in [-0.25, -0.2) is 0 Å². The van der Waals surface area contributed by atoms with Gasteiger partial charge in [0.15, 0.2) is 11.5 Å². The van der Waals surface area contributed by atoms with E-state index < -0.39 is 45.4 Å². The summed E-state index contributed by atoms with van der Waals surface area (Å²) in [6, 6.07) is 0. The molecule has 3 N–H and O–H groups in total. The van der Waals surface area contributed by atoms with Crippen LogP contribution in [0, 0.1) is 62.1 Å². The molecule has 6 aliphatic rings. The molecule has 0 radical (unpaired) electrons. The number of hydrogen-bond donors (Lipinski definition) is 3. The minimum Gasteiger partial charge on any atom is -0.504 e. The van der Waals surface area contributed by atoms with Gasteiger partial charge < -0.3 is 15.3 Å². The summed E-state index contributed by atoms with van der Waals surface area (Å²) in [5, 5.41) is 35.0. The van der Waals surface area contributed by atoms with Crippen molar-refractivity contribution in [2.75, 3.05) is 0 Å². The molecule has 0 aromatic rings. The number of hydrogen-bond acceptors (Lipinski definition) is 5. The molecule has 0 aromatic carbocycles. The van der Waals surface area contributed by atoms with E-state index in [4.69, 9.17) is 0 Å². The zero-order valence-corrected chi connectivity index (χ0v) is 28.9. The summed E-state index contributed by atoms with van der Waals surface area (Å²) >= 11 is 0. The second kappa shape index (κ2) is 9.90. The monoisotopic (exact) mass is 620 g/mol. The Morgan fingerprint density at radius 1 is 1.00 bits per heavy atom. The molecule has 4 saturated carbocycles. The van der Waals surface area contributed by atoms with Gasteiger partial charge in [-0.05, 0) is 111 Å². The number of carboxylic acid groups (broad SMARTS) is 1. The Morgan fingerprint density at radius 3 is 2.27 bits per heavy atom. The summed E-state index contributed by atoms with van der Waals surface area (Å²) in [7, 11) is 0. The predicted octanol–water partition coefficient (Wildman–Crippen LogP) is 8.01. The highest BCUT2D eigenvalue weighted by Crippen LogP contribution is 2.81. The third-order valence-electron chi connectivity index (χ3n) is 15.3. The van der Waals surface area contributed by atoms with E-state index in [0.717, 1.165) is 49.7 Å². The number of aliphatic hydroxyl groups excluding tert-OH is 2. The third kappa shape index (κ3) is 3.64. The van der Waals surface area contributed by atoms with Crippen LogP contribution in [0.1, 0.15) is 120 Å². The molecule has 10 atom stereocenters. The zero-order chi connectivity index (χ0) is 33.3. The summed E-state index contributed by atoms with van der Waals surface area (Å²) in [6.07, 6.45) is 8.32. The zero-order valence-electron chi connectivity index (χ0n) is 28.9. The number of carbonyl (C=O) groups is 3. The molecular formula is C39H56O6. The van der Waals surface area contributed by atoms with Gasteiger partial charge in [0.25, 0.3) is 0 Å². The van der Waals surface area contributed by atoms with Crippen molar-refractivity contribution in [1.29, 1.82) is 0 Å². The highest BCUT2D eigenvalue weighted by atomic mass is 16.4. The van der Waals surface area contributed by atoms with Crippen LogP contribution in [-0.4, -0.2) is 39.0 Å². The number of aliphatic carboxylic acids is 1. The lowest BCUT2D eigenvalue weighted by Crippen LogP contribution is -2.67. The van der Waals surface area contributed by atoms with Crippen molar-refractivity contribution in [3.8, 4) is 0 Å². The van der Waals surface area contributed by atoms with Crippen LogP contribution in [0.15, 0.2) is 35.1 Å². The first-order chi connectivity index (χ1) is 20.8. The predicted molar refractivity (Wildman–Crippen MR) is 174 cm³/mol. The lowest BCUT2D eigenvalue weighted by molar-refractivity contribution is -0.176. The van der Waals surface area contributed by atoms with E-state index in [-0.39, 0.29) is 58.1 Å². The second-order valence-corrected chi connectivity index (χ2v) is 17.9. The standard InChI is InChI=1S/C39H56O6/c1-21(2)27-28(40)31(42)39-25(20-24-22(3)12-13-26-35(24,7)16-11-17-36(26,8)33(44)45)23(4)14-19-38(39,30(27)41)32(43)29-34(5,6)15-10-18-37(29,39)9/h14,21,24-26,29,32,40,43H,3,10-13,15-20H2,1-2,4-9H3,(H,44,45)/t24-,25-,26?,29-,32+,35+,36+,37-,38-,39+/m0/s1. The lowest BCUT2D eigenvalue weighted by Gasteiger charge is -2.63. The van der Waals surface area contributed by atoms with E-state index in [0.29, 0.717) is 19.3 Å². The minimum absolute atomic E-state index is 0.0301. The smallest absolute Gasteiger partial charge is 0.309 e. The second-order valence-electron chi connectivity index (χ2n) is 17.9. The first kappa shape index (κ1) is 32.7. The number of rotatable bonds is 4. The van der Waals surface area contributed by atoms with Gasteiger partial charge in [0, 0.05) is 5.57 Å². The molecule has 0 amide bonds. The molecule has 0 bridgehead atoms. The van der Waals surface area contributed by atoms with Crippen LogP contribution >= 0.6 is 0 Å². The van der Waals surface area contributed by atoms with Gasteiger partial charge >= 0.3 is 5.97 Å². The van der Waals surface area contributed by atoms with Gasteiger partial charge in [-0.1, -0.05) is 78.2 Å². The number of fused-ring (bicyclic) bond motifs is 2. The molecule has 6 heteroatoms. The molecule has 0 spiro atoms. The largest absolute Gasteiger partial charge is 0.504 e. The molecule has 45 heavy (non-hydrogen) atoms. The van der Waals surface area contributed by atoms with E-state index in [1.807, 2.05) is 20.8 Å². The maximum atomic E-state index is 15.4. The van der Waals surface area contributed by atoms with E-state index in [9.17, 15) is 20.1 Å². The number of carboxylic acids is 1. The van der Waals surface area contributed by atoms with Crippen molar-refractivity contribution in [2.45, 2.75) is 126 Å². The van der Waals surface area contributed by atoms with Crippen molar-refractivity contribution >= 4 is 17.5 Å². The topological polar surface area (TPSA) is 112 Å². The highest BCUT2D eigenvalue weighted by Gasteiger charge is 2.85. The Bertz CT molecular complexity index is 1430. The quantitative estimate of drug-likeness (QED) is 0.275. The summed E-state index contributed by atoms with van der Waals surface area (Å²) in [5.74, 6) is -2.86. The van der Waals surface area contributed by atoms with Gasteiger partial charge in [0.05, 0.1) is 22.3 Å². The molecule has 248 valence electrons. The summed E-state index contributed by atoms with van der Waals surface area (Å²) < 4.78 is 0. The summed E-state index contributed by atoms with van der Waals surface area (Å²) in [5.41, 5.74) is -2.55. The van der Waals surface area contributed by atoms with Crippen molar-refractivity contribution in [1.82, 2.24) is 0 Å². The molecule has 0 aliphatic heterocycles. The van der Waals surface area contributed by atoms with E-state index in [1.54, 1.807) is 0 Å². The minimum atomic E-state index is -1.36. The van der Waals surface area contributed by atoms with Gasteiger partial charge in [0.2, 0.25) is 5.78 Å². The molecule has 6 nitrogen and oxygen atoms in total. The fraction of sp³-hybridized carbons (Fsp3) is 0.769. The molecule has 4 fully saturated rings. The first-order valence-electron chi connectivity index (χ1n) is 17.6. The van der Waals surface area contributed by atoms with Gasteiger partial charge in [-0.3, -0.25) is 14.4 Å². The van der Waals surface area contributed by atoms with Crippen molar-refractivity contribution in [3.63, 3.8) is 0 Å². The Morgan fingerprint density at radius 2 is 1.64 bits per heavy atom. The maximum absolute atomic E-state index is 15.4. The number of ketones is 2. The molecular weight excluding hydrogens is 564 g/mol. The highest BCUT2D eigenvalue weighted by molar-refractivity contribution is 6.18. The molecule has 1 unspecified atom stereocenters. The molecule has 0 heterocycles. The first-order valence-corrected chi connectivity index (χ1v) is 17.6. The van der Waals surface area contributed by atoms with Crippen molar-refractivity contribution < 1.29 is 29.7 Å². The van der Waals surface area contributed by atoms with Crippen LogP contribution in [0.25, 0.3) is 0 Å². The van der Waals surface area contributed by atoms with Crippen LogP contribution in [0.5, 0.6) is 0 Å². The van der Waals surface area contributed by atoms with E-state index in [2.05, 4.69) is 47.3 Å². The Labute approximate surface area is 269 Å². The van der Waals surface area contributed by atoms with Crippen molar-refractivity contribution in [2.24, 2.45) is 62.1 Å². The number of Topliss-reactive ketones (excluding diaryl/α,β-unsaturated/α-hetero) is 2. The maximum Gasteiger partial charge on any atom is 0.309 e. The molecule has 6 aliphatic carbocycles. The van der Waals surface area contributed by atoms with Crippen LogP contribution in [0.4, 0.5) is 0 Å². The lowest BCUT2D eigenvalue weighted by atomic mass is 9.37. The van der Waals surface area contributed by atoms with E-state index in [1.165, 1.54) is 0 Å². The van der Waals surface area contributed by atoms with Crippen LogP contribution < -0.4 is 0 Å². The van der Waals surface area contributed by atoms with Gasteiger partial charge in [-0.2, -0.15) is 0 Å². The SMILES string of the molecule is C=C1CCC2[C@](C)(C(=O)O)CCC[C@]2(C)[C@H]1C[C@H]1C(C)=CC[C@@]23C(=O)C(C(C)C)=C(O)C(=O)[C@@]12[C@@]1(C)CCCC(C)(C)[C@@H]1[C@H]3O. The van der Waals surface area contributed by atoms with Gasteiger partial charge in [0.1, 0.15) is 0 Å². The van der Waals surface area contributed by atoms with Crippen molar-refractivity contribution in [3.05, 3.63) is 35.1 Å².